The molecule has 0 radical (unpaired) electrons. The molecule has 0 aromatic heterocycles. The molecule has 2 aliphatic rings. The van der Waals surface area contributed by atoms with E-state index in [4.69, 9.17) is 4.74 Å². The van der Waals surface area contributed by atoms with Gasteiger partial charge in [-0.2, -0.15) is 13.2 Å². The molecule has 0 bridgehead atoms. The van der Waals surface area contributed by atoms with Gasteiger partial charge in [0, 0.05) is 31.8 Å². The van der Waals surface area contributed by atoms with E-state index < -0.39 is 23.0 Å². The van der Waals surface area contributed by atoms with Gasteiger partial charge in [-0.1, -0.05) is 13.8 Å². The molecule has 1 aliphatic heterocycles. The van der Waals surface area contributed by atoms with Crippen LogP contribution in [0.15, 0.2) is 18.2 Å². The van der Waals surface area contributed by atoms with Gasteiger partial charge in [0.15, 0.2) is 0 Å². The van der Waals surface area contributed by atoms with Gasteiger partial charge in [-0.3, -0.25) is 4.79 Å². The molecule has 8 heteroatoms. The highest BCUT2D eigenvalue weighted by Gasteiger charge is 2.53. The van der Waals surface area contributed by atoms with Crippen LogP contribution in [-0.4, -0.2) is 43.2 Å². The summed E-state index contributed by atoms with van der Waals surface area (Å²) in [6.45, 7) is 5.37. The van der Waals surface area contributed by atoms with Crippen LogP contribution in [0.1, 0.15) is 50.7 Å². The summed E-state index contributed by atoms with van der Waals surface area (Å²) in [6, 6.07) is 3.12. The molecule has 1 aromatic rings. The molecular weight excluding hydrogens is 400 g/mol. The van der Waals surface area contributed by atoms with Gasteiger partial charge in [0.25, 0.3) is 0 Å². The number of nitrogens with one attached hydrogen (secondary N) is 1. The summed E-state index contributed by atoms with van der Waals surface area (Å²) in [4.78, 5) is 15.4. The summed E-state index contributed by atoms with van der Waals surface area (Å²) in [5.41, 5.74) is -1.50. The van der Waals surface area contributed by atoms with E-state index in [1.54, 1.807) is 0 Å². The van der Waals surface area contributed by atoms with Gasteiger partial charge in [0.1, 0.15) is 5.82 Å². The Labute approximate surface area is 175 Å². The molecule has 1 aromatic carbocycles. The van der Waals surface area contributed by atoms with Crippen LogP contribution in [0, 0.1) is 17.2 Å². The Hall–Kier alpha value is -1.67. The van der Waals surface area contributed by atoms with Gasteiger partial charge < -0.3 is 15.0 Å². The largest absolute Gasteiger partial charge is 0.416 e. The van der Waals surface area contributed by atoms with Crippen LogP contribution in [0.3, 0.4) is 0 Å². The zero-order chi connectivity index (χ0) is 22.1. The van der Waals surface area contributed by atoms with Crippen LogP contribution in [0.25, 0.3) is 0 Å². The third-order valence-electron chi connectivity index (χ3n) is 6.84. The molecule has 1 heterocycles. The van der Waals surface area contributed by atoms with Crippen molar-refractivity contribution < 1.29 is 27.1 Å². The van der Waals surface area contributed by atoms with E-state index in [-0.39, 0.29) is 23.9 Å². The van der Waals surface area contributed by atoms with Crippen molar-refractivity contribution in [2.45, 2.75) is 64.3 Å². The number of carbonyl (C=O) groups excluding carboxylic acids is 1. The average Bonchev–Trinajstić information content (AvgIpc) is 2.64. The smallest absolute Gasteiger partial charge is 0.381 e. The Balaban J connectivity index is 1.63. The van der Waals surface area contributed by atoms with Crippen LogP contribution in [0.2, 0.25) is 0 Å². The lowest BCUT2D eigenvalue weighted by atomic mass is 9.58. The van der Waals surface area contributed by atoms with Crippen LogP contribution in [0.4, 0.5) is 17.6 Å². The number of benzene rings is 1. The van der Waals surface area contributed by atoms with Crippen LogP contribution < -0.4 is 5.32 Å². The molecule has 1 amide bonds. The summed E-state index contributed by atoms with van der Waals surface area (Å²) in [6.07, 6.45) is -1.25. The minimum Gasteiger partial charge on any atom is -0.381 e. The second-order valence-corrected chi connectivity index (χ2v) is 8.91. The van der Waals surface area contributed by atoms with E-state index in [0.717, 1.165) is 38.2 Å². The minimum absolute atomic E-state index is 0.0927. The van der Waals surface area contributed by atoms with Gasteiger partial charge in [-0.25, -0.2) is 4.39 Å². The summed E-state index contributed by atoms with van der Waals surface area (Å²) in [7, 11) is 2.09. The molecular formula is C22H30F4N2O2. The maximum Gasteiger partial charge on any atom is 0.416 e. The van der Waals surface area contributed by atoms with Gasteiger partial charge in [-0.15, -0.1) is 0 Å². The molecule has 0 atom stereocenters. The number of ether oxygens (including phenoxy) is 1. The quantitative estimate of drug-likeness (QED) is 0.682. The Morgan fingerprint density at radius 3 is 2.40 bits per heavy atom. The molecule has 1 saturated heterocycles. The molecule has 0 spiro atoms. The predicted octanol–water partition coefficient (Wildman–Crippen LogP) is 4.38. The van der Waals surface area contributed by atoms with Crippen molar-refractivity contribution in [1.82, 2.24) is 10.2 Å². The highest BCUT2D eigenvalue weighted by atomic mass is 19.4. The average molecular weight is 430 g/mol. The molecule has 0 unspecified atom stereocenters. The maximum atomic E-state index is 13.6. The van der Waals surface area contributed by atoms with E-state index in [1.807, 2.05) is 13.8 Å². The lowest BCUT2D eigenvalue weighted by Gasteiger charge is -2.54. The van der Waals surface area contributed by atoms with Crippen molar-refractivity contribution in [3.05, 3.63) is 35.1 Å². The van der Waals surface area contributed by atoms with Crippen molar-refractivity contribution in [3.63, 3.8) is 0 Å². The standard InChI is InChI=1S/C22H30F4N2O2/c1-14(2)21(11-19(12-21)28(3)18-4-6-30-7-5-18)20(29)27-13-15-8-16(22(24,25)26)10-17(23)9-15/h8-10,14,18-19H,4-7,11-13H2,1-3H3,(H,27,29). The second kappa shape index (κ2) is 8.83. The first kappa shape index (κ1) is 23.0. The van der Waals surface area contributed by atoms with E-state index in [1.165, 1.54) is 0 Å². The lowest BCUT2D eigenvalue weighted by molar-refractivity contribution is -0.147. The van der Waals surface area contributed by atoms with E-state index >= 15 is 0 Å². The number of hydrogen-bond acceptors (Lipinski definition) is 3. The van der Waals surface area contributed by atoms with Crippen LogP contribution in [0.5, 0.6) is 0 Å². The fraction of sp³-hybridized carbons (Fsp3) is 0.682. The predicted molar refractivity (Wildman–Crippen MR) is 105 cm³/mol. The lowest BCUT2D eigenvalue weighted by Crippen LogP contribution is -2.60. The number of halogens is 4. The molecule has 4 nitrogen and oxygen atoms in total. The summed E-state index contributed by atoms with van der Waals surface area (Å²) in [5, 5.41) is 2.76. The number of hydrogen-bond donors (Lipinski definition) is 1. The Morgan fingerprint density at radius 2 is 1.83 bits per heavy atom. The Kier molecular flexibility index (Phi) is 6.77. The fourth-order valence-corrected chi connectivity index (χ4v) is 4.65. The topological polar surface area (TPSA) is 41.6 Å². The summed E-state index contributed by atoms with van der Waals surface area (Å²) < 4.78 is 57.8. The number of alkyl halides is 3. The molecule has 1 aliphatic carbocycles. The zero-order valence-electron chi connectivity index (χ0n) is 17.7. The third kappa shape index (κ3) is 4.80. The van der Waals surface area contributed by atoms with Crippen molar-refractivity contribution in [2.24, 2.45) is 11.3 Å². The monoisotopic (exact) mass is 430 g/mol. The first-order chi connectivity index (χ1) is 14.0. The molecule has 30 heavy (non-hydrogen) atoms. The molecule has 1 N–H and O–H groups in total. The first-order valence-electron chi connectivity index (χ1n) is 10.5. The van der Waals surface area contributed by atoms with Crippen molar-refractivity contribution in [3.8, 4) is 0 Å². The number of carbonyl (C=O) groups is 1. The summed E-state index contributed by atoms with van der Waals surface area (Å²) in [5.74, 6) is -1.04. The van der Waals surface area contributed by atoms with Gasteiger partial charge in [0.2, 0.25) is 5.91 Å². The molecule has 2 fully saturated rings. The zero-order valence-corrected chi connectivity index (χ0v) is 17.7. The fourth-order valence-electron chi connectivity index (χ4n) is 4.65. The minimum atomic E-state index is -4.63. The van der Waals surface area contributed by atoms with Crippen LogP contribution in [-0.2, 0) is 22.3 Å². The van der Waals surface area contributed by atoms with Crippen molar-refractivity contribution in [1.29, 1.82) is 0 Å². The van der Waals surface area contributed by atoms with Crippen LogP contribution >= 0.6 is 0 Å². The first-order valence-corrected chi connectivity index (χ1v) is 10.5. The SMILES string of the molecule is CC(C)C1(C(=O)NCc2cc(F)cc(C(F)(F)F)c2)CC(N(C)C2CCOCC2)C1. The summed E-state index contributed by atoms with van der Waals surface area (Å²) >= 11 is 0. The van der Waals surface area contributed by atoms with Gasteiger partial charge >= 0.3 is 6.18 Å². The molecule has 3 rings (SSSR count). The highest BCUT2D eigenvalue weighted by molar-refractivity contribution is 5.84. The van der Waals surface area contributed by atoms with E-state index in [0.29, 0.717) is 31.0 Å². The number of rotatable bonds is 6. The number of amides is 1. The van der Waals surface area contributed by atoms with E-state index in [2.05, 4.69) is 17.3 Å². The Bertz CT molecular complexity index is 754. The van der Waals surface area contributed by atoms with Gasteiger partial charge in [-0.05, 0) is 62.4 Å². The van der Waals surface area contributed by atoms with E-state index in [9.17, 15) is 22.4 Å². The highest BCUT2D eigenvalue weighted by Crippen LogP contribution is 2.50. The van der Waals surface area contributed by atoms with Crippen molar-refractivity contribution >= 4 is 5.91 Å². The second-order valence-electron chi connectivity index (χ2n) is 8.91. The number of nitrogens with zero attached hydrogens (tertiary/aromatic N) is 1. The Morgan fingerprint density at radius 1 is 1.20 bits per heavy atom. The van der Waals surface area contributed by atoms with Gasteiger partial charge in [0.05, 0.1) is 11.0 Å². The molecule has 168 valence electrons. The third-order valence-corrected chi connectivity index (χ3v) is 6.84. The maximum absolute atomic E-state index is 13.6. The normalized spacial score (nSPS) is 25.4. The van der Waals surface area contributed by atoms with Crippen molar-refractivity contribution in [2.75, 3.05) is 20.3 Å². The molecule has 1 saturated carbocycles.